The van der Waals surface area contributed by atoms with Crippen LogP contribution in [0.1, 0.15) is 21.5 Å². The van der Waals surface area contributed by atoms with Gasteiger partial charge in [-0.25, -0.2) is 4.39 Å². The molecule has 0 bridgehead atoms. The monoisotopic (exact) mass is 331 g/mol. The van der Waals surface area contributed by atoms with Gasteiger partial charge in [-0.15, -0.1) is 0 Å². The molecule has 2 heterocycles. The van der Waals surface area contributed by atoms with Crippen molar-refractivity contribution in [3.05, 3.63) is 59.3 Å². The number of fused-ring (bicyclic) bond motifs is 1. The van der Waals surface area contributed by atoms with Gasteiger partial charge in [0.15, 0.2) is 0 Å². The SMILES string of the molecule is NC/C(=C/F)COc1ccc2c(c1)CCN(Cc1cnoc1)C2=O. The second-order valence-electron chi connectivity index (χ2n) is 5.59. The molecule has 0 aliphatic carbocycles. The topological polar surface area (TPSA) is 81.6 Å². The summed E-state index contributed by atoms with van der Waals surface area (Å²) in [5.74, 6) is 0.567. The van der Waals surface area contributed by atoms with Crippen molar-refractivity contribution in [3.8, 4) is 5.75 Å². The molecule has 0 saturated carbocycles. The number of hydrogen-bond donors (Lipinski definition) is 1. The third-order valence-electron chi connectivity index (χ3n) is 3.94. The summed E-state index contributed by atoms with van der Waals surface area (Å²) in [5, 5.41) is 3.65. The molecule has 0 fully saturated rings. The average Bonchev–Trinajstić information content (AvgIpc) is 3.11. The summed E-state index contributed by atoms with van der Waals surface area (Å²) in [7, 11) is 0. The van der Waals surface area contributed by atoms with Crippen LogP contribution < -0.4 is 10.5 Å². The Balaban J connectivity index is 1.70. The Labute approximate surface area is 138 Å². The molecule has 1 aromatic carbocycles. The van der Waals surface area contributed by atoms with Gasteiger partial charge in [0.2, 0.25) is 0 Å². The minimum atomic E-state index is -0.0321. The predicted molar refractivity (Wildman–Crippen MR) is 85.1 cm³/mol. The molecule has 0 unspecified atom stereocenters. The van der Waals surface area contributed by atoms with Gasteiger partial charge in [0, 0.05) is 29.8 Å². The van der Waals surface area contributed by atoms with Gasteiger partial charge in [-0.3, -0.25) is 4.79 Å². The van der Waals surface area contributed by atoms with Crippen molar-refractivity contribution in [2.45, 2.75) is 13.0 Å². The lowest BCUT2D eigenvalue weighted by molar-refractivity contribution is 0.0726. The normalized spacial score (nSPS) is 14.7. The van der Waals surface area contributed by atoms with E-state index in [1.807, 2.05) is 6.07 Å². The zero-order chi connectivity index (χ0) is 16.9. The standard InChI is InChI=1S/C17H18FN3O3/c18-6-12(7-19)10-23-15-1-2-16-14(5-15)3-4-21(17(16)22)9-13-8-20-24-11-13/h1-2,5-6,8,11H,3-4,7,9-10,19H2/b12-6-. The first-order valence-corrected chi connectivity index (χ1v) is 7.62. The Morgan fingerprint density at radius 2 is 2.38 bits per heavy atom. The second-order valence-corrected chi connectivity index (χ2v) is 5.59. The lowest BCUT2D eigenvalue weighted by Gasteiger charge is -2.28. The number of nitrogens with two attached hydrogens (primary N) is 1. The number of ether oxygens (including phenoxy) is 1. The highest BCUT2D eigenvalue weighted by Crippen LogP contribution is 2.25. The Morgan fingerprint density at radius 3 is 3.08 bits per heavy atom. The number of aromatic nitrogens is 1. The Morgan fingerprint density at radius 1 is 1.50 bits per heavy atom. The molecule has 1 aliphatic rings. The Hall–Kier alpha value is -2.67. The molecule has 0 atom stereocenters. The molecule has 24 heavy (non-hydrogen) atoms. The van der Waals surface area contributed by atoms with Crippen molar-refractivity contribution < 1.29 is 18.4 Å². The fourth-order valence-electron chi connectivity index (χ4n) is 2.59. The number of rotatable bonds is 6. The van der Waals surface area contributed by atoms with Crippen LogP contribution in [0.2, 0.25) is 0 Å². The number of halogens is 1. The largest absolute Gasteiger partial charge is 0.489 e. The summed E-state index contributed by atoms with van der Waals surface area (Å²) < 4.78 is 22.8. The summed E-state index contributed by atoms with van der Waals surface area (Å²) in [6, 6.07) is 5.29. The number of amides is 1. The quantitative estimate of drug-likeness (QED) is 0.876. The van der Waals surface area contributed by atoms with Crippen molar-refractivity contribution in [2.75, 3.05) is 19.7 Å². The molecule has 6 nitrogen and oxygen atoms in total. The Bertz CT molecular complexity index is 744. The van der Waals surface area contributed by atoms with E-state index in [0.717, 1.165) is 17.5 Å². The molecule has 126 valence electrons. The highest BCUT2D eigenvalue weighted by Gasteiger charge is 2.25. The predicted octanol–water partition coefficient (Wildman–Crippen LogP) is 2.06. The third kappa shape index (κ3) is 3.46. The molecule has 2 N–H and O–H groups in total. The minimum absolute atomic E-state index is 0.0321. The average molecular weight is 331 g/mol. The van der Waals surface area contributed by atoms with Crippen LogP contribution in [0.25, 0.3) is 0 Å². The van der Waals surface area contributed by atoms with Gasteiger partial charge in [-0.1, -0.05) is 5.16 Å². The number of carbonyl (C=O) groups is 1. The van der Waals surface area contributed by atoms with E-state index in [0.29, 0.717) is 36.3 Å². The molecular weight excluding hydrogens is 313 g/mol. The van der Waals surface area contributed by atoms with Crippen LogP contribution >= 0.6 is 0 Å². The van der Waals surface area contributed by atoms with E-state index < -0.39 is 0 Å². The van der Waals surface area contributed by atoms with Gasteiger partial charge in [-0.05, 0) is 30.2 Å². The van der Waals surface area contributed by atoms with Crippen LogP contribution in [0.3, 0.4) is 0 Å². The lowest BCUT2D eigenvalue weighted by atomic mass is 9.98. The molecule has 1 aliphatic heterocycles. The second kappa shape index (κ2) is 7.27. The van der Waals surface area contributed by atoms with Gasteiger partial charge in [0.25, 0.3) is 5.91 Å². The third-order valence-corrected chi connectivity index (χ3v) is 3.94. The van der Waals surface area contributed by atoms with E-state index in [1.54, 1.807) is 23.2 Å². The summed E-state index contributed by atoms with van der Waals surface area (Å²) >= 11 is 0. The van der Waals surface area contributed by atoms with E-state index in [4.69, 9.17) is 15.0 Å². The van der Waals surface area contributed by atoms with Crippen LogP contribution in [0.5, 0.6) is 5.75 Å². The maximum absolute atomic E-state index is 12.6. The van der Waals surface area contributed by atoms with Crippen molar-refractivity contribution in [1.82, 2.24) is 10.1 Å². The molecule has 0 radical (unpaired) electrons. The minimum Gasteiger partial charge on any atom is -0.489 e. The van der Waals surface area contributed by atoms with Gasteiger partial charge in [-0.2, -0.15) is 0 Å². The summed E-state index contributed by atoms with van der Waals surface area (Å²) in [4.78, 5) is 14.3. The molecule has 0 spiro atoms. The number of benzene rings is 1. The first-order chi connectivity index (χ1) is 11.7. The van der Waals surface area contributed by atoms with Crippen molar-refractivity contribution in [1.29, 1.82) is 0 Å². The van der Waals surface area contributed by atoms with Crippen molar-refractivity contribution in [2.24, 2.45) is 5.73 Å². The molecular formula is C17H18FN3O3. The van der Waals surface area contributed by atoms with Gasteiger partial charge >= 0.3 is 0 Å². The van der Waals surface area contributed by atoms with E-state index >= 15 is 0 Å². The van der Waals surface area contributed by atoms with Crippen LogP contribution in [0.15, 0.2) is 47.1 Å². The van der Waals surface area contributed by atoms with Crippen LogP contribution in [0.4, 0.5) is 4.39 Å². The zero-order valence-corrected chi connectivity index (χ0v) is 13.1. The van der Waals surface area contributed by atoms with E-state index in [2.05, 4.69) is 5.16 Å². The van der Waals surface area contributed by atoms with Crippen LogP contribution in [-0.4, -0.2) is 35.7 Å². The van der Waals surface area contributed by atoms with Gasteiger partial charge < -0.3 is 19.9 Å². The lowest BCUT2D eigenvalue weighted by Crippen LogP contribution is -2.36. The first-order valence-electron chi connectivity index (χ1n) is 7.62. The fourth-order valence-corrected chi connectivity index (χ4v) is 2.59. The van der Waals surface area contributed by atoms with E-state index in [1.165, 1.54) is 6.26 Å². The summed E-state index contributed by atoms with van der Waals surface area (Å²) in [6.07, 6.45) is 4.33. The number of nitrogens with zero attached hydrogens (tertiary/aromatic N) is 2. The van der Waals surface area contributed by atoms with E-state index in [9.17, 15) is 9.18 Å². The molecule has 7 heteroatoms. The van der Waals surface area contributed by atoms with Crippen LogP contribution in [-0.2, 0) is 13.0 Å². The smallest absolute Gasteiger partial charge is 0.254 e. The van der Waals surface area contributed by atoms with Gasteiger partial charge in [0.1, 0.15) is 18.6 Å². The molecule has 0 saturated heterocycles. The highest BCUT2D eigenvalue weighted by atomic mass is 19.1. The van der Waals surface area contributed by atoms with Crippen molar-refractivity contribution >= 4 is 5.91 Å². The number of hydrogen-bond acceptors (Lipinski definition) is 5. The molecule has 2 aromatic rings. The van der Waals surface area contributed by atoms with Gasteiger partial charge in [0.05, 0.1) is 19.1 Å². The molecule has 1 aromatic heterocycles. The fraction of sp³-hybridized carbons (Fsp3) is 0.294. The summed E-state index contributed by atoms with van der Waals surface area (Å²) in [6.45, 7) is 1.29. The Kier molecular flexibility index (Phi) is 4.90. The highest BCUT2D eigenvalue weighted by molar-refractivity contribution is 5.96. The zero-order valence-electron chi connectivity index (χ0n) is 13.1. The van der Waals surface area contributed by atoms with E-state index in [-0.39, 0.29) is 19.1 Å². The van der Waals surface area contributed by atoms with Crippen molar-refractivity contribution in [3.63, 3.8) is 0 Å². The maximum atomic E-state index is 12.6. The molecule has 1 amide bonds. The maximum Gasteiger partial charge on any atom is 0.254 e. The number of carbonyl (C=O) groups excluding carboxylic acids is 1. The molecule has 3 rings (SSSR count). The summed E-state index contributed by atoms with van der Waals surface area (Å²) in [5.41, 5.74) is 8.22. The first kappa shape index (κ1) is 16.2. The van der Waals surface area contributed by atoms with Crippen LogP contribution in [0, 0.1) is 0 Å².